The van der Waals surface area contributed by atoms with E-state index in [2.05, 4.69) is 5.32 Å². The Morgan fingerprint density at radius 1 is 1.21 bits per heavy atom. The zero-order chi connectivity index (χ0) is 13.8. The van der Waals surface area contributed by atoms with E-state index in [1.807, 2.05) is 31.3 Å². The SMILES string of the molecule is CNC(c1ccc(Cl)c(Cl)c1)c1ccc(COC)o1. The molecule has 3 nitrogen and oxygen atoms in total. The minimum Gasteiger partial charge on any atom is -0.462 e. The Kier molecular flexibility index (Phi) is 4.88. The molecule has 0 bridgehead atoms. The molecule has 2 rings (SSSR count). The van der Waals surface area contributed by atoms with Gasteiger partial charge < -0.3 is 14.5 Å². The van der Waals surface area contributed by atoms with Gasteiger partial charge in [0.05, 0.1) is 16.1 Å². The normalized spacial score (nSPS) is 12.6. The van der Waals surface area contributed by atoms with Crippen molar-refractivity contribution in [3.8, 4) is 0 Å². The van der Waals surface area contributed by atoms with Gasteiger partial charge in [0, 0.05) is 7.11 Å². The van der Waals surface area contributed by atoms with Crippen molar-refractivity contribution in [1.29, 1.82) is 0 Å². The molecule has 0 fully saturated rings. The van der Waals surface area contributed by atoms with Crippen molar-refractivity contribution in [2.24, 2.45) is 0 Å². The molecule has 0 amide bonds. The first-order chi connectivity index (χ1) is 9.15. The molecule has 0 aliphatic carbocycles. The highest BCUT2D eigenvalue weighted by Gasteiger charge is 2.17. The summed E-state index contributed by atoms with van der Waals surface area (Å²) in [6, 6.07) is 9.30. The molecule has 1 aromatic heterocycles. The number of halogens is 2. The summed E-state index contributed by atoms with van der Waals surface area (Å²) in [7, 11) is 3.50. The molecule has 0 saturated carbocycles. The highest BCUT2D eigenvalue weighted by molar-refractivity contribution is 6.42. The number of rotatable bonds is 5. The van der Waals surface area contributed by atoms with Crippen LogP contribution in [0.4, 0.5) is 0 Å². The fraction of sp³-hybridized carbons (Fsp3) is 0.286. The molecule has 0 aliphatic heterocycles. The van der Waals surface area contributed by atoms with Gasteiger partial charge in [0.25, 0.3) is 0 Å². The van der Waals surface area contributed by atoms with E-state index in [9.17, 15) is 0 Å². The van der Waals surface area contributed by atoms with E-state index in [0.29, 0.717) is 16.7 Å². The Hall–Kier alpha value is -1.00. The molecule has 0 saturated heterocycles. The highest BCUT2D eigenvalue weighted by atomic mass is 35.5. The van der Waals surface area contributed by atoms with Crippen molar-refractivity contribution < 1.29 is 9.15 Å². The molecule has 0 spiro atoms. The summed E-state index contributed by atoms with van der Waals surface area (Å²) in [5, 5.41) is 4.27. The average Bonchev–Trinajstić information content (AvgIpc) is 2.83. The quantitative estimate of drug-likeness (QED) is 0.905. The van der Waals surface area contributed by atoms with Crippen LogP contribution in [-0.4, -0.2) is 14.2 Å². The predicted octanol–water partition coefficient (Wildman–Crippen LogP) is 4.04. The van der Waals surface area contributed by atoms with E-state index in [0.717, 1.165) is 17.1 Å². The van der Waals surface area contributed by atoms with Gasteiger partial charge in [0.15, 0.2) is 0 Å². The third kappa shape index (κ3) is 3.31. The molecule has 0 radical (unpaired) electrons. The minimum atomic E-state index is -0.0691. The van der Waals surface area contributed by atoms with Crippen LogP contribution in [0.25, 0.3) is 0 Å². The highest BCUT2D eigenvalue weighted by Crippen LogP contribution is 2.29. The van der Waals surface area contributed by atoms with E-state index < -0.39 is 0 Å². The number of furan rings is 1. The lowest BCUT2D eigenvalue weighted by Gasteiger charge is -2.14. The molecule has 1 N–H and O–H groups in total. The van der Waals surface area contributed by atoms with E-state index in [4.69, 9.17) is 32.4 Å². The van der Waals surface area contributed by atoms with E-state index >= 15 is 0 Å². The Balaban J connectivity index is 2.29. The lowest BCUT2D eigenvalue weighted by atomic mass is 10.1. The maximum Gasteiger partial charge on any atom is 0.129 e. The van der Waals surface area contributed by atoms with Gasteiger partial charge in [0.2, 0.25) is 0 Å². The molecular weight excluding hydrogens is 285 g/mol. The lowest BCUT2D eigenvalue weighted by Crippen LogP contribution is -2.16. The van der Waals surface area contributed by atoms with E-state index in [1.54, 1.807) is 13.2 Å². The number of hydrogen-bond acceptors (Lipinski definition) is 3. The number of methoxy groups -OCH3 is 1. The molecule has 0 aliphatic rings. The van der Waals surface area contributed by atoms with Crippen LogP contribution in [0.3, 0.4) is 0 Å². The molecule has 19 heavy (non-hydrogen) atoms. The number of nitrogens with one attached hydrogen (secondary N) is 1. The van der Waals surface area contributed by atoms with Crippen LogP contribution >= 0.6 is 23.2 Å². The van der Waals surface area contributed by atoms with E-state index in [-0.39, 0.29) is 6.04 Å². The second-order valence-corrected chi connectivity index (χ2v) is 4.95. The summed E-state index contributed by atoms with van der Waals surface area (Å²) < 4.78 is 10.8. The molecule has 1 atom stereocenters. The molecule has 1 unspecified atom stereocenters. The Bertz CT molecular complexity index is 554. The summed E-state index contributed by atoms with van der Waals surface area (Å²) in [6.45, 7) is 0.456. The zero-order valence-electron chi connectivity index (χ0n) is 10.7. The molecule has 1 heterocycles. The smallest absolute Gasteiger partial charge is 0.129 e. The largest absolute Gasteiger partial charge is 0.462 e. The molecule has 5 heteroatoms. The first-order valence-corrected chi connectivity index (χ1v) is 6.61. The third-order valence-electron chi connectivity index (χ3n) is 2.82. The van der Waals surface area contributed by atoms with Crippen LogP contribution in [0.2, 0.25) is 10.0 Å². The van der Waals surface area contributed by atoms with Gasteiger partial charge in [-0.05, 0) is 36.9 Å². The summed E-state index contributed by atoms with van der Waals surface area (Å²) in [4.78, 5) is 0. The summed E-state index contributed by atoms with van der Waals surface area (Å²) in [5.41, 5.74) is 0.996. The fourth-order valence-corrected chi connectivity index (χ4v) is 2.24. The van der Waals surface area contributed by atoms with Crippen LogP contribution in [0.1, 0.15) is 23.1 Å². The van der Waals surface area contributed by atoms with Crippen LogP contribution in [0.15, 0.2) is 34.7 Å². The van der Waals surface area contributed by atoms with Gasteiger partial charge in [-0.3, -0.25) is 0 Å². The molecule has 1 aromatic carbocycles. The second-order valence-electron chi connectivity index (χ2n) is 4.13. The predicted molar refractivity (Wildman–Crippen MR) is 76.8 cm³/mol. The first-order valence-electron chi connectivity index (χ1n) is 5.85. The summed E-state index contributed by atoms with van der Waals surface area (Å²) in [5.74, 6) is 1.60. The van der Waals surface area contributed by atoms with Crippen molar-refractivity contribution in [1.82, 2.24) is 5.32 Å². The number of ether oxygens (including phenoxy) is 1. The van der Waals surface area contributed by atoms with Crippen molar-refractivity contribution in [2.45, 2.75) is 12.6 Å². The van der Waals surface area contributed by atoms with Crippen molar-refractivity contribution in [3.05, 3.63) is 57.5 Å². The topological polar surface area (TPSA) is 34.4 Å². The van der Waals surface area contributed by atoms with Crippen molar-refractivity contribution >= 4 is 23.2 Å². The molecular formula is C14H15Cl2NO2. The Morgan fingerprint density at radius 2 is 2.00 bits per heavy atom. The van der Waals surface area contributed by atoms with Crippen LogP contribution < -0.4 is 5.32 Å². The Labute approximate surface area is 122 Å². The monoisotopic (exact) mass is 299 g/mol. The Morgan fingerprint density at radius 3 is 2.63 bits per heavy atom. The maximum atomic E-state index is 6.05. The standard InChI is InChI=1S/C14H15Cl2NO2/c1-17-14(9-3-5-11(15)12(16)7-9)13-6-4-10(19-13)8-18-2/h3-7,14,17H,8H2,1-2H3. The third-order valence-corrected chi connectivity index (χ3v) is 3.56. The second kappa shape index (κ2) is 6.44. The number of benzene rings is 1. The zero-order valence-corrected chi connectivity index (χ0v) is 12.3. The fourth-order valence-electron chi connectivity index (χ4n) is 1.93. The number of hydrogen-bond donors (Lipinski definition) is 1. The van der Waals surface area contributed by atoms with Crippen molar-refractivity contribution in [3.63, 3.8) is 0 Å². The van der Waals surface area contributed by atoms with Gasteiger partial charge in [-0.15, -0.1) is 0 Å². The van der Waals surface area contributed by atoms with Crippen LogP contribution in [0.5, 0.6) is 0 Å². The van der Waals surface area contributed by atoms with Gasteiger partial charge in [-0.25, -0.2) is 0 Å². The van der Waals surface area contributed by atoms with Gasteiger partial charge in [-0.1, -0.05) is 29.3 Å². The van der Waals surface area contributed by atoms with Crippen LogP contribution in [-0.2, 0) is 11.3 Å². The summed E-state index contributed by atoms with van der Waals surface area (Å²) >= 11 is 12.0. The van der Waals surface area contributed by atoms with Gasteiger partial charge in [-0.2, -0.15) is 0 Å². The molecule has 2 aromatic rings. The summed E-state index contributed by atoms with van der Waals surface area (Å²) in [6.07, 6.45) is 0. The van der Waals surface area contributed by atoms with Gasteiger partial charge >= 0.3 is 0 Å². The lowest BCUT2D eigenvalue weighted by molar-refractivity contribution is 0.162. The van der Waals surface area contributed by atoms with Crippen LogP contribution in [0, 0.1) is 0 Å². The maximum absolute atomic E-state index is 6.05. The van der Waals surface area contributed by atoms with E-state index in [1.165, 1.54) is 0 Å². The molecule has 102 valence electrons. The van der Waals surface area contributed by atoms with Gasteiger partial charge in [0.1, 0.15) is 18.1 Å². The average molecular weight is 300 g/mol. The first kappa shape index (κ1) is 14.4. The minimum absolute atomic E-state index is 0.0691. The van der Waals surface area contributed by atoms with Crippen molar-refractivity contribution in [2.75, 3.05) is 14.2 Å².